The summed E-state index contributed by atoms with van der Waals surface area (Å²) in [7, 11) is 0. The summed E-state index contributed by atoms with van der Waals surface area (Å²) in [6, 6.07) is 7.57. The molecule has 5 nitrogen and oxygen atoms in total. The molecule has 19 heavy (non-hydrogen) atoms. The lowest BCUT2D eigenvalue weighted by atomic mass is 10.2. The van der Waals surface area contributed by atoms with Gasteiger partial charge in [-0.05, 0) is 18.2 Å². The molecule has 96 valence electrons. The van der Waals surface area contributed by atoms with E-state index in [1.54, 1.807) is 0 Å². The molecule has 0 aliphatic carbocycles. The van der Waals surface area contributed by atoms with Gasteiger partial charge < -0.3 is 11.1 Å². The van der Waals surface area contributed by atoms with Crippen LogP contribution in [0.2, 0.25) is 0 Å². The number of rotatable bonds is 3. The quantitative estimate of drug-likeness (QED) is 0.881. The Bertz CT molecular complexity index is 648. The average Bonchev–Trinajstić information content (AvgIpc) is 2.40. The third-order valence-corrected chi connectivity index (χ3v) is 2.47. The number of benzene rings is 1. The van der Waals surface area contributed by atoms with Crippen LogP contribution in [0.4, 0.5) is 21.7 Å². The second-order valence-corrected chi connectivity index (χ2v) is 3.88. The Morgan fingerprint density at radius 1 is 1.37 bits per heavy atom. The van der Waals surface area contributed by atoms with Gasteiger partial charge in [-0.15, -0.1) is 0 Å². The highest BCUT2D eigenvalue weighted by Crippen LogP contribution is 2.20. The summed E-state index contributed by atoms with van der Waals surface area (Å²) < 4.78 is 13.7. The van der Waals surface area contributed by atoms with Crippen LogP contribution in [0.5, 0.6) is 0 Å². The molecule has 0 amide bonds. The van der Waals surface area contributed by atoms with E-state index in [1.807, 2.05) is 13.0 Å². The average molecular weight is 257 g/mol. The number of aromatic nitrogens is 2. The predicted molar refractivity (Wildman–Crippen MR) is 70.2 cm³/mol. The molecule has 1 aromatic carbocycles. The zero-order valence-corrected chi connectivity index (χ0v) is 10.3. The molecule has 0 bridgehead atoms. The topological polar surface area (TPSA) is 87.6 Å². The molecule has 0 radical (unpaired) electrons. The number of nitriles is 1. The molecule has 0 fully saturated rings. The maximum atomic E-state index is 13.7. The highest BCUT2D eigenvalue weighted by Gasteiger charge is 2.06. The molecule has 6 heteroatoms. The normalized spacial score (nSPS) is 9.95. The van der Waals surface area contributed by atoms with E-state index in [0.717, 1.165) is 6.07 Å². The number of hydrogen-bond acceptors (Lipinski definition) is 5. The largest absolute Gasteiger partial charge is 0.384 e. The molecule has 2 rings (SSSR count). The third-order valence-electron chi connectivity index (χ3n) is 2.47. The van der Waals surface area contributed by atoms with E-state index in [2.05, 4.69) is 15.3 Å². The molecule has 0 saturated carbocycles. The van der Waals surface area contributed by atoms with Crippen molar-refractivity contribution in [2.45, 2.75) is 13.3 Å². The first-order valence-corrected chi connectivity index (χ1v) is 5.72. The Kier molecular flexibility index (Phi) is 3.57. The van der Waals surface area contributed by atoms with Gasteiger partial charge in [0.2, 0.25) is 0 Å². The second-order valence-electron chi connectivity index (χ2n) is 3.88. The van der Waals surface area contributed by atoms with Gasteiger partial charge in [0.1, 0.15) is 23.3 Å². The van der Waals surface area contributed by atoms with Gasteiger partial charge >= 0.3 is 0 Å². The molecule has 0 unspecified atom stereocenters. The van der Waals surface area contributed by atoms with Crippen LogP contribution in [0.3, 0.4) is 0 Å². The fraction of sp³-hybridized carbons (Fsp3) is 0.154. The van der Waals surface area contributed by atoms with E-state index in [0.29, 0.717) is 23.9 Å². The van der Waals surface area contributed by atoms with Gasteiger partial charge in [-0.25, -0.2) is 14.4 Å². The predicted octanol–water partition coefficient (Wildman–Crippen LogP) is 2.38. The smallest absolute Gasteiger partial charge is 0.147 e. The summed E-state index contributed by atoms with van der Waals surface area (Å²) in [5.74, 6) is 0.808. The Hall–Kier alpha value is -2.68. The third kappa shape index (κ3) is 2.96. The maximum absolute atomic E-state index is 13.7. The standard InChI is InChI=1S/C13H12FN5/c1-2-12-18-11(16)6-13(19-12)17-10-4-3-8(7-15)5-9(10)14/h3-6H,2H2,1H3,(H3,16,17,18,19). The monoisotopic (exact) mass is 257 g/mol. The van der Waals surface area contributed by atoms with Crippen molar-refractivity contribution in [3.05, 3.63) is 41.5 Å². The Morgan fingerprint density at radius 2 is 2.16 bits per heavy atom. The van der Waals surface area contributed by atoms with Gasteiger partial charge in [-0.1, -0.05) is 6.92 Å². The lowest BCUT2D eigenvalue weighted by Crippen LogP contribution is -2.03. The minimum atomic E-state index is -0.519. The molecule has 0 aliphatic rings. The maximum Gasteiger partial charge on any atom is 0.147 e. The minimum Gasteiger partial charge on any atom is -0.384 e. The number of anilines is 3. The number of aryl methyl sites for hydroxylation is 1. The van der Waals surface area contributed by atoms with Crippen LogP contribution in [0.15, 0.2) is 24.3 Å². The van der Waals surface area contributed by atoms with Crippen LogP contribution in [0.1, 0.15) is 18.3 Å². The zero-order chi connectivity index (χ0) is 13.8. The van der Waals surface area contributed by atoms with Gasteiger partial charge in [0, 0.05) is 12.5 Å². The van der Waals surface area contributed by atoms with Crippen molar-refractivity contribution in [2.75, 3.05) is 11.1 Å². The van der Waals surface area contributed by atoms with Gasteiger partial charge in [-0.3, -0.25) is 0 Å². The molecule has 3 N–H and O–H groups in total. The minimum absolute atomic E-state index is 0.235. The molecule has 0 saturated heterocycles. The second kappa shape index (κ2) is 5.31. The Balaban J connectivity index is 2.31. The molecule has 1 heterocycles. The molecule has 0 spiro atoms. The number of nitrogen functional groups attached to an aromatic ring is 1. The van der Waals surface area contributed by atoms with Crippen molar-refractivity contribution in [1.29, 1.82) is 5.26 Å². The number of nitrogens with zero attached hydrogens (tertiary/aromatic N) is 3. The molecule has 0 atom stereocenters. The van der Waals surface area contributed by atoms with Crippen molar-refractivity contribution < 1.29 is 4.39 Å². The fourth-order valence-corrected chi connectivity index (χ4v) is 1.56. The number of nitrogens with two attached hydrogens (primary N) is 1. The molecule has 0 aliphatic heterocycles. The SMILES string of the molecule is CCc1nc(N)cc(Nc2ccc(C#N)cc2F)n1. The van der Waals surface area contributed by atoms with Crippen LogP contribution in [0, 0.1) is 17.1 Å². The summed E-state index contributed by atoms with van der Waals surface area (Å²) in [6.45, 7) is 1.90. The summed E-state index contributed by atoms with van der Waals surface area (Å²) in [4.78, 5) is 8.23. The van der Waals surface area contributed by atoms with Crippen LogP contribution in [-0.2, 0) is 6.42 Å². The zero-order valence-electron chi connectivity index (χ0n) is 10.3. The van der Waals surface area contributed by atoms with Gasteiger partial charge in [0.15, 0.2) is 0 Å². The highest BCUT2D eigenvalue weighted by atomic mass is 19.1. The molecular formula is C13H12FN5. The number of hydrogen-bond donors (Lipinski definition) is 2. The summed E-state index contributed by atoms with van der Waals surface area (Å²) in [6.07, 6.45) is 0.634. The van der Waals surface area contributed by atoms with Crippen LogP contribution in [0.25, 0.3) is 0 Å². The van der Waals surface area contributed by atoms with Crippen molar-refractivity contribution in [1.82, 2.24) is 9.97 Å². The van der Waals surface area contributed by atoms with Crippen LogP contribution >= 0.6 is 0 Å². The van der Waals surface area contributed by atoms with Crippen LogP contribution < -0.4 is 11.1 Å². The first-order chi connectivity index (χ1) is 9.12. The number of nitrogens with one attached hydrogen (secondary N) is 1. The van der Waals surface area contributed by atoms with E-state index in [1.165, 1.54) is 18.2 Å². The van der Waals surface area contributed by atoms with Gasteiger partial charge in [0.25, 0.3) is 0 Å². The lowest BCUT2D eigenvalue weighted by Gasteiger charge is -2.08. The number of halogens is 1. The first-order valence-electron chi connectivity index (χ1n) is 5.72. The van der Waals surface area contributed by atoms with Crippen molar-refractivity contribution in [2.24, 2.45) is 0 Å². The van der Waals surface area contributed by atoms with Crippen molar-refractivity contribution in [3.63, 3.8) is 0 Å². The Morgan fingerprint density at radius 3 is 2.79 bits per heavy atom. The van der Waals surface area contributed by atoms with Crippen LogP contribution in [-0.4, -0.2) is 9.97 Å². The van der Waals surface area contributed by atoms with E-state index in [9.17, 15) is 4.39 Å². The Labute approximate surface area is 109 Å². The van der Waals surface area contributed by atoms with Gasteiger partial charge in [-0.2, -0.15) is 5.26 Å². The van der Waals surface area contributed by atoms with E-state index >= 15 is 0 Å². The molecule has 2 aromatic rings. The first kappa shape index (κ1) is 12.8. The lowest BCUT2D eigenvalue weighted by molar-refractivity contribution is 0.631. The van der Waals surface area contributed by atoms with E-state index in [4.69, 9.17) is 11.0 Å². The van der Waals surface area contributed by atoms with Crippen molar-refractivity contribution in [3.8, 4) is 6.07 Å². The molecular weight excluding hydrogens is 245 g/mol. The summed E-state index contributed by atoms with van der Waals surface area (Å²) >= 11 is 0. The fourth-order valence-electron chi connectivity index (χ4n) is 1.56. The summed E-state index contributed by atoms with van der Waals surface area (Å²) in [5.41, 5.74) is 6.14. The summed E-state index contributed by atoms with van der Waals surface area (Å²) in [5, 5.41) is 11.5. The van der Waals surface area contributed by atoms with E-state index < -0.39 is 5.82 Å². The highest BCUT2D eigenvalue weighted by molar-refractivity contribution is 5.60. The van der Waals surface area contributed by atoms with E-state index in [-0.39, 0.29) is 11.3 Å². The van der Waals surface area contributed by atoms with Crippen molar-refractivity contribution >= 4 is 17.3 Å². The van der Waals surface area contributed by atoms with Gasteiger partial charge in [0.05, 0.1) is 17.3 Å². The molecule has 1 aromatic heterocycles.